The van der Waals surface area contributed by atoms with Crippen LogP contribution in [-0.4, -0.2) is 67.8 Å². The van der Waals surface area contributed by atoms with Gasteiger partial charge in [0.25, 0.3) is 0 Å². The number of fused-ring (bicyclic) bond motifs is 2. The van der Waals surface area contributed by atoms with Gasteiger partial charge in [-0.05, 0) is 66.8 Å². The molecule has 0 spiro atoms. The van der Waals surface area contributed by atoms with E-state index in [-0.39, 0.29) is 17.5 Å². The van der Waals surface area contributed by atoms with Gasteiger partial charge in [0, 0.05) is 67.2 Å². The Morgan fingerprint density at radius 3 is 2.48 bits per heavy atom. The largest absolute Gasteiger partial charge is 0.481 e. The number of rotatable bonds is 9. The fourth-order valence-electron chi connectivity index (χ4n) is 6.22. The zero-order valence-corrected chi connectivity index (χ0v) is 23.6. The van der Waals surface area contributed by atoms with E-state index in [0.717, 1.165) is 73.3 Å². The van der Waals surface area contributed by atoms with Crippen LogP contribution >= 0.6 is 0 Å². The summed E-state index contributed by atoms with van der Waals surface area (Å²) in [4.78, 5) is 18.1. The van der Waals surface area contributed by atoms with Crippen molar-refractivity contribution in [2.24, 2.45) is 11.1 Å². The average Bonchev–Trinajstić information content (AvgIpc) is 3.81. The SMILES string of the molecule is [B]C([B])(c1ccc(OC)nc1)N1C2CC1CN(c1ccc(-c3cc(CCC4(C#N)CC4)cnc3C(C#N)=CN)cn1)C2. The summed E-state index contributed by atoms with van der Waals surface area (Å²) in [5.74, 6) is 1.38. The molecular weight excluding hydrogens is 522 g/mol. The van der Waals surface area contributed by atoms with Gasteiger partial charge in [0.05, 0.1) is 45.6 Å². The van der Waals surface area contributed by atoms with Crippen molar-refractivity contribution < 1.29 is 4.74 Å². The van der Waals surface area contributed by atoms with Gasteiger partial charge in [-0.2, -0.15) is 10.5 Å². The molecule has 2 bridgehead atoms. The summed E-state index contributed by atoms with van der Waals surface area (Å²) in [6.45, 7) is 1.50. The van der Waals surface area contributed by atoms with E-state index in [1.165, 1.54) is 6.20 Å². The minimum absolute atomic E-state index is 0.186. The Balaban J connectivity index is 1.19. The van der Waals surface area contributed by atoms with Crippen LogP contribution in [0.3, 0.4) is 0 Å². The molecule has 3 saturated heterocycles. The lowest BCUT2D eigenvalue weighted by Crippen LogP contribution is -2.74. The normalized spacial score (nSPS) is 21.1. The maximum atomic E-state index is 9.66. The Morgan fingerprint density at radius 2 is 1.90 bits per heavy atom. The molecule has 3 aromatic heterocycles. The summed E-state index contributed by atoms with van der Waals surface area (Å²) in [5.41, 5.74) is 9.78. The molecule has 3 aromatic rings. The van der Waals surface area contributed by atoms with Gasteiger partial charge in [-0.1, -0.05) is 6.07 Å². The predicted molar refractivity (Wildman–Crippen MR) is 161 cm³/mol. The van der Waals surface area contributed by atoms with Crippen molar-refractivity contribution >= 4 is 27.1 Å². The topological polar surface area (TPSA) is 128 Å². The van der Waals surface area contributed by atoms with E-state index in [2.05, 4.69) is 31.9 Å². The molecule has 9 nitrogen and oxygen atoms in total. The molecule has 7 rings (SSSR count). The predicted octanol–water partition coefficient (Wildman–Crippen LogP) is 3.02. The van der Waals surface area contributed by atoms with Crippen LogP contribution in [0, 0.1) is 28.1 Å². The molecule has 42 heavy (non-hydrogen) atoms. The molecule has 6 heterocycles. The van der Waals surface area contributed by atoms with Crippen molar-refractivity contribution in [2.45, 2.75) is 49.5 Å². The number of anilines is 1. The fourth-order valence-corrected chi connectivity index (χ4v) is 6.22. The second-order valence-corrected chi connectivity index (χ2v) is 11.5. The number of piperidine rings is 1. The molecule has 0 aromatic carbocycles. The van der Waals surface area contributed by atoms with Crippen LogP contribution in [-0.2, 0) is 11.8 Å². The molecule has 2 N–H and O–H groups in total. The van der Waals surface area contributed by atoms with Crippen molar-refractivity contribution in [2.75, 3.05) is 25.1 Å². The zero-order chi connectivity index (χ0) is 29.5. The Bertz CT molecular complexity index is 1580. The number of aromatic nitrogens is 3. The first kappa shape index (κ1) is 27.8. The number of hydrogen-bond donors (Lipinski definition) is 1. The number of nitrogens with two attached hydrogens (primary N) is 1. The molecule has 2 unspecified atom stereocenters. The summed E-state index contributed by atoms with van der Waals surface area (Å²) in [5, 5.41) is 18.0. The third-order valence-electron chi connectivity index (χ3n) is 8.88. The lowest BCUT2D eigenvalue weighted by atomic mass is 9.54. The molecule has 4 aliphatic rings. The zero-order valence-electron chi connectivity index (χ0n) is 23.6. The number of nitrogens with zero attached hydrogens (tertiary/aromatic N) is 7. The lowest BCUT2D eigenvalue weighted by molar-refractivity contribution is -0.0304. The third-order valence-corrected chi connectivity index (χ3v) is 8.88. The smallest absolute Gasteiger partial charge is 0.212 e. The molecule has 1 saturated carbocycles. The Kier molecular flexibility index (Phi) is 7.16. The fraction of sp³-hybridized carbons (Fsp3) is 0.387. The maximum absolute atomic E-state index is 9.66. The number of allylic oxidation sites excluding steroid dienone is 1. The van der Waals surface area contributed by atoms with Gasteiger partial charge in [0.1, 0.15) is 11.9 Å². The first-order valence-corrected chi connectivity index (χ1v) is 14.1. The van der Waals surface area contributed by atoms with E-state index < -0.39 is 5.34 Å². The van der Waals surface area contributed by atoms with E-state index in [1.54, 1.807) is 25.6 Å². The maximum Gasteiger partial charge on any atom is 0.212 e. The monoisotopic (exact) mass is 552 g/mol. The Labute approximate surface area is 248 Å². The number of ether oxygens (including phenoxy) is 1. The molecule has 2 atom stereocenters. The summed E-state index contributed by atoms with van der Waals surface area (Å²) in [6, 6.07) is 14.7. The van der Waals surface area contributed by atoms with Gasteiger partial charge in [-0.25, -0.2) is 9.97 Å². The standard InChI is InChI=1S/C31H30B2N8O/c1-42-28-5-3-23(16-38-28)31(32,33)41-24-11-25(41)18-40(17-24)27-4-2-21(15-37-27)26-10-20(6-7-30(19-36)8-9-30)14-39-29(26)22(12-34)13-35/h2-5,10,12,14-16,24-25H,6-9,11,17-18,34H2,1H3. The van der Waals surface area contributed by atoms with Crippen molar-refractivity contribution in [3.05, 3.63) is 71.9 Å². The van der Waals surface area contributed by atoms with E-state index in [1.807, 2.05) is 30.5 Å². The van der Waals surface area contributed by atoms with Crippen LogP contribution in [0.4, 0.5) is 5.82 Å². The number of nitriles is 2. The van der Waals surface area contributed by atoms with Crippen LogP contribution in [0.25, 0.3) is 16.7 Å². The molecule has 0 amide bonds. The summed E-state index contributed by atoms with van der Waals surface area (Å²) >= 11 is 0. The first-order chi connectivity index (χ1) is 20.3. The van der Waals surface area contributed by atoms with Crippen LogP contribution in [0.5, 0.6) is 5.88 Å². The van der Waals surface area contributed by atoms with Gasteiger partial charge >= 0.3 is 0 Å². The summed E-state index contributed by atoms with van der Waals surface area (Å²) < 4.78 is 5.17. The molecule has 3 aliphatic heterocycles. The van der Waals surface area contributed by atoms with Gasteiger partial charge in [0.15, 0.2) is 0 Å². The highest BCUT2D eigenvalue weighted by atomic mass is 16.5. The van der Waals surface area contributed by atoms with Crippen LogP contribution in [0.1, 0.15) is 42.5 Å². The second-order valence-electron chi connectivity index (χ2n) is 11.5. The highest BCUT2D eigenvalue weighted by Gasteiger charge is 2.50. The van der Waals surface area contributed by atoms with Crippen molar-refractivity contribution in [3.63, 3.8) is 0 Å². The van der Waals surface area contributed by atoms with E-state index in [4.69, 9.17) is 31.1 Å². The average molecular weight is 552 g/mol. The Morgan fingerprint density at radius 1 is 1.12 bits per heavy atom. The molecule has 206 valence electrons. The third kappa shape index (κ3) is 4.99. The highest BCUT2D eigenvalue weighted by Crippen LogP contribution is 2.49. The van der Waals surface area contributed by atoms with Gasteiger partial charge in [-0.3, -0.25) is 4.98 Å². The summed E-state index contributed by atoms with van der Waals surface area (Å²) in [6.07, 6.45) is 11.0. The first-order valence-electron chi connectivity index (χ1n) is 14.1. The van der Waals surface area contributed by atoms with Gasteiger partial charge in [-0.15, -0.1) is 0 Å². The number of aryl methyl sites for hydroxylation is 1. The van der Waals surface area contributed by atoms with Gasteiger partial charge < -0.3 is 20.3 Å². The van der Waals surface area contributed by atoms with E-state index in [9.17, 15) is 10.5 Å². The summed E-state index contributed by atoms with van der Waals surface area (Å²) in [7, 11) is 14.9. The van der Waals surface area contributed by atoms with Crippen LogP contribution < -0.4 is 15.4 Å². The van der Waals surface area contributed by atoms with E-state index in [0.29, 0.717) is 17.1 Å². The van der Waals surface area contributed by atoms with Crippen molar-refractivity contribution in [3.8, 4) is 29.1 Å². The van der Waals surface area contributed by atoms with Crippen molar-refractivity contribution in [1.29, 1.82) is 10.5 Å². The molecular formula is C31H30B2N8O. The molecule has 11 heteroatoms. The number of pyridine rings is 3. The quantitative estimate of drug-likeness (QED) is 0.315. The minimum Gasteiger partial charge on any atom is -0.481 e. The van der Waals surface area contributed by atoms with E-state index >= 15 is 0 Å². The second kappa shape index (κ2) is 10.8. The lowest BCUT2D eigenvalue weighted by Gasteiger charge is -2.63. The van der Waals surface area contributed by atoms with Gasteiger partial charge in [0.2, 0.25) is 5.88 Å². The number of piperazine rings is 1. The number of hydrogen-bond acceptors (Lipinski definition) is 9. The molecule has 4 radical (unpaired) electrons. The number of methoxy groups -OCH3 is 1. The van der Waals surface area contributed by atoms with Crippen molar-refractivity contribution in [1.82, 2.24) is 19.9 Å². The molecule has 4 fully saturated rings. The molecule has 1 aliphatic carbocycles. The Hall–Kier alpha value is -4.34. The minimum atomic E-state index is -1.13. The highest BCUT2D eigenvalue weighted by molar-refractivity contribution is 6.39. The van der Waals surface area contributed by atoms with Crippen LogP contribution in [0.2, 0.25) is 0 Å². The van der Waals surface area contributed by atoms with Crippen LogP contribution in [0.15, 0.2) is 55.1 Å².